The van der Waals surface area contributed by atoms with Crippen LogP contribution in [0.15, 0.2) is 40.2 Å². The number of hydrogen-bond donors (Lipinski definition) is 0. The van der Waals surface area contributed by atoms with Gasteiger partial charge in [-0.05, 0) is 52.0 Å². The van der Waals surface area contributed by atoms with Crippen molar-refractivity contribution in [3.05, 3.63) is 42.3 Å². The van der Waals surface area contributed by atoms with Gasteiger partial charge in [0.15, 0.2) is 5.65 Å². The normalized spacial score (nSPS) is 14.8. The summed E-state index contributed by atoms with van der Waals surface area (Å²) in [5.74, 6) is 0.849. The third-order valence-corrected chi connectivity index (χ3v) is 5.47. The molecule has 0 bridgehead atoms. The lowest BCUT2D eigenvalue weighted by Gasteiger charge is -2.30. The minimum Gasteiger partial charge on any atom is -0.469 e. The van der Waals surface area contributed by atoms with Gasteiger partial charge in [-0.1, -0.05) is 6.08 Å². The van der Waals surface area contributed by atoms with E-state index in [2.05, 4.69) is 11.1 Å². The van der Waals surface area contributed by atoms with Crippen LogP contribution in [-0.2, 0) is 4.74 Å². The van der Waals surface area contributed by atoms with E-state index < -0.39 is 5.60 Å². The van der Waals surface area contributed by atoms with Gasteiger partial charge in [-0.3, -0.25) is 4.40 Å². The molecule has 0 radical (unpaired) electrons. The molecule has 4 heterocycles. The Morgan fingerprint density at radius 1 is 1.33 bits per heavy atom. The Labute approximate surface area is 180 Å². The van der Waals surface area contributed by atoms with Crippen molar-refractivity contribution in [1.29, 1.82) is 0 Å². The molecule has 3 aromatic rings. The second kappa shape index (κ2) is 7.83. The maximum absolute atomic E-state index is 12.6. The molecule has 0 fully saturated rings. The highest BCUT2D eigenvalue weighted by molar-refractivity contribution is 7.98. The summed E-state index contributed by atoms with van der Waals surface area (Å²) in [4.78, 5) is 23.7. The van der Waals surface area contributed by atoms with Gasteiger partial charge in [0.2, 0.25) is 0 Å². The van der Waals surface area contributed by atoms with Crippen LogP contribution in [0.2, 0.25) is 0 Å². The molecule has 4 rings (SSSR count). The van der Waals surface area contributed by atoms with Gasteiger partial charge in [0.05, 0.1) is 24.1 Å². The average molecular weight is 427 g/mol. The number of rotatable bonds is 3. The molecular formula is C22H26N4O3S. The van der Waals surface area contributed by atoms with Crippen LogP contribution in [0.25, 0.3) is 22.5 Å². The van der Waals surface area contributed by atoms with Gasteiger partial charge < -0.3 is 14.1 Å². The number of carbonyl (C=O) groups excluding carboxylic acids is 1. The van der Waals surface area contributed by atoms with Crippen molar-refractivity contribution in [3.8, 4) is 11.3 Å². The van der Waals surface area contributed by atoms with Crippen LogP contribution in [0.1, 0.15) is 38.6 Å². The molecule has 0 aliphatic carbocycles. The number of nitrogens with zero attached hydrogens (tertiary/aromatic N) is 4. The van der Waals surface area contributed by atoms with Gasteiger partial charge in [-0.25, -0.2) is 14.8 Å². The molecule has 0 aromatic carbocycles. The molecule has 7 nitrogen and oxygen atoms in total. The molecule has 0 atom stereocenters. The fourth-order valence-corrected chi connectivity index (χ4v) is 3.98. The zero-order chi connectivity index (χ0) is 21.5. The highest BCUT2D eigenvalue weighted by Gasteiger charge is 2.26. The average Bonchev–Trinajstić information content (AvgIpc) is 3.31. The summed E-state index contributed by atoms with van der Waals surface area (Å²) in [5, 5.41) is 0.842. The van der Waals surface area contributed by atoms with Crippen molar-refractivity contribution in [2.24, 2.45) is 0 Å². The number of fused-ring (bicyclic) bond motifs is 1. The van der Waals surface area contributed by atoms with Crippen molar-refractivity contribution in [2.45, 2.75) is 44.7 Å². The maximum atomic E-state index is 12.6. The van der Waals surface area contributed by atoms with Crippen LogP contribution >= 0.6 is 11.8 Å². The van der Waals surface area contributed by atoms with Crippen LogP contribution < -0.4 is 0 Å². The smallest absolute Gasteiger partial charge is 0.410 e. The Balaban J connectivity index is 1.70. The first-order valence-electron chi connectivity index (χ1n) is 9.90. The van der Waals surface area contributed by atoms with Gasteiger partial charge in [0.1, 0.15) is 22.7 Å². The van der Waals surface area contributed by atoms with Gasteiger partial charge in [0, 0.05) is 18.3 Å². The van der Waals surface area contributed by atoms with E-state index in [9.17, 15) is 4.79 Å². The van der Waals surface area contributed by atoms with E-state index >= 15 is 0 Å². The van der Waals surface area contributed by atoms with E-state index in [1.165, 1.54) is 0 Å². The first-order valence-corrected chi connectivity index (χ1v) is 11.1. The highest BCUT2D eigenvalue weighted by atomic mass is 32.2. The molecule has 0 N–H and O–H groups in total. The Bertz CT molecular complexity index is 1120. The fourth-order valence-electron chi connectivity index (χ4n) is 3.46. The number of aromatic nitrogens is 3. The molecule has 3 aromatic heterocycles. The first kappa shape index (κ1) is 20.5. The number of imidazole rings is 1. The van der Waals surface area contributed by atoms with E-state index in [0.717, 1.165) is 45.4 Å². The molecule has 8 heteroatoms. The molecular weight excluding hydrogens is 400 g/mol. The van der Waals surface area contributed by atoms with Crippen molar-refractivity contribution in [2.75, 3.05) is 19.3 Å². The number of ether oxygens (including phenoxy) is 1. The monoisotopic (exact) mass is 426 g/mol. The molecule has 1 aliphatic heterocycles. The minimum absolute atomic E-state index is 0.295. The summed E-state index contributed by atoms with van der Waals surface area (Å²) in [6.45, 7) is 8.67. The topological polar surface area (TPSA) is 72.9 Å². The van der Waals surface area contributed by atoms with Gasteiger partial charge in [-0.2, -0.15) is 0 Å². The number of amides is 1. The molecule has 30 heavy (non-hydrogen) atoms. The van der Waals surface area contributed by atoms with Crippen LogP contribution in [0.5, 0.6) is 0 Å². The zero-order valence-corrected chi connectivity index (χ0v) is 18.7. The van der Waals surface area contributed by atoms with E-state index in [1.807, 2.05) is 56.8 Å². The Morgan fingerprint density at radius 2 is 2.13 bits per heavy atom. The molecule has 0 spiro atoms. The third-order valence-electron chi connectivity index (χ3n) is 4.81. The molecule has 0 saturated carbocycles. The molecule has 1 aliphatic rings. The number of carbonyl (C=O) groups is 1. The molecule has 0 saturated heterocycles. The van der Waals surface area contributed by atoms with Crippen LogP contribution in [0, 0.1) is 6.92 Å². The summed E-state index contributed by atoms with van der Waals surface area (Å²) in [5.41, 5.74) is 4.04. The summed E-state index contributed by atoms with van der Waals surface area (Å²) in [6, 6.07) is 1.99. The Kier molecular flexibility index (Phi) is 5.36. The van der Waals surface area contributed by atoms with Crippen molar-refractivity contribution in [3.63, 3.8) is 0 Å². The fraction of sp³-hybridized carbons (Fsp3) is 0.409. The van der Waals surface area contributed by atoms with Crippen LogP contribution in [-0.4, -0.2) is 50.3 Å². The van der Waals surface area contributed by atoms with Crippen molar-refractivity contribution < 1.29 is 13.9 Å². The molecule has 158 valence electrons. The van der Waals surface area contributed by atoms with E-state index in [1.54, 1.807) is 22.9 Å². The predicted octanol–water partition coefficient (Wildman–Crippen LogP) is 5.04. The first-order chi connectivity index (χ1) is 14.2. The maximum Gasteiger partial charge on any atom is 0.410 e. The van der Waals surface area contributed by atoms with Crippen molar-refractivity contribution >= 4 is 29.1 Å². The SMILES string of the molecule is CSc1nc(C2=CCCN(C(=O)OC(C)(C)C)C2)cn2c(-c3coc(C)c3)cnc12. The summed E-state index contributed by atoms with van der Waals surface area (Å²) in [6.07, 6.45) is 10.2. The molecule has 0 unspecified atom stereocenters. The number of thioether (sulfide) groups is 1. The lowest BCUT2D eigenvalue weighted by molar-refractivity contribution is 0.0273. The number of hydrogen-bond acceptors (Lipinski definition) is 6. The second-order valence-electron chi connectivity index (χ2n) is 8.34. The molecule has 1 amide bonds. The Morgan fingerprint density at radius 3 is 2.80 bits per heavy atom. The predicted molar refractivity (Wildman–Crippen MR) is 118 cm³/mol. The third kappa shape index (κ3) is 4.09. The lowest BCUT2D eigenvalue weighted by atomic mass is 10.1. The standard InChI is InChI=1S/C22H26N4O3S/c1-14-9-16(13-28-14)18-10-23-19-20(30-5)24-17(12-26(18)19)15-7-6-8-25(11-15)21(27)29-22(2,3)4/h7,9-10,12-13H,6,8,11H2,1-5H3. The van der Waals surface area contributed by atoms with Crippen LogP contribution in [0.3, 0.4) is 0 Å². The summed E-state index contributed by atoms with van der Waals surface area (Å²) in [7, 11) is 0. The van der Waals surface area contributed by atoms with Crippen molar-refractivity contribution in [1.82, 2.24) is 19.3 Å². The minimum atomic E-state index is -0.518. The highest BCUT2D eigenvalue weighted by Crippen LogP contribution is 2.30. The zero-order valence-electron chi connectivity index (χ0n) is 17.9. The Hall–Kier alpha value is -2.74. The van der Waals surface area contributed by atoms with Gasteiger partial charge in [-0.15, -0.1) is 11.8 Å². The van der Waals surface area contributed by atoms with E-state index in [4.69, 9.17) is 14.1 Å². The van der Waals surface area contributed by atoms with E-state index in [-0.39, 0.29) is 6.09 Å². The quantitative estimate of drug-likeness (QED) is 0.546. The van der Waals surface area contributed by atoms with Crippen LogP contribution in [0.4, 0.5) is 4.79 Å². The second-order valence-corrected chi connectivity index (χ2v) is 9.13. The van der Waals surface area contributed by atoms with E-state index in [0.29, 0.717) is 13.1 Å². The van der Waals surface area contributed by atoms with Gasteiger partial charge in [0.25, 0.3) is 0 Å². The van der Waals surface area contributed by atoms with Gasteiger partial charge >= 0.3 is 6.09 Å². The largest absolute Gasteiger partial charge is 0.469 e. The summed E-state index contributed by atoms with van der Waals surface area (Å²) >= 11 is 1.55. The number of furan rings is 1. The lowest BCUT2D eigenvalue weighted by Crippen LogP contribution is -2.39. The number of aryl methyl sites for hydroxylation is 1. The summed E-state index contributed by atoms with van der Waals surface area (Å²) < 4.78 is 13.1.